The summed E-state index contributed by atoms with van der Waals surface area (Å²) in [6, 6.07) is 58.8. The van der Waals surface area contributed by atoms with Gasteiger partial charge in [0, 0.05) is 38.5 Å². The molecule has 9 aromatic carbocycles. The van der Waals surface area contributed by atoms with E-state index in [1.54, 1.807) is 0 Å². The van der Waals surface area contributed by atoms with Crippen LogP contribution < -0.4 is 4.90 Å². The third-order valence-electron chi connectivity index (χ3n) is 11.7. The van der Waals surface area contributed by atoms with Gasteiger partial charge in [-0.25, -0.2) is 0 Å². The lowest BCUT2D eigenvalue weighted by atomic mass is 9.82. The van der Waals surface area contributed by atoms with E-state index in [4.69, 9.17) is 4.42 Å². The Morgan fingerprint density at radius 3 is 1.98 bits per heavy atom. The molecule has 0 N–H and O–H groups in total. The van der Waals surface area contributed by atoms with Crippen molar-refractivity contribution >= 4 is 49.8 Å². The van der Waals surface area contributed by atoms with Crippen LogP contribution in [0.1, 0.15) is 30.5 Å². The minimum absolute atomic E-state index is 0.104. The first kappa shape index (κ1) is 29.2. The molecule has 0 amide bonds. The molecule has 1 aromatic heterocycles. The standard InChI is InChI=1S/C55H39NO/c1-55(2)49-23-10-8-20-44(49)45-33-31-42(35-50(45)55)56(41-29-26-37(27-30-41)40-18-12-17-39(34-40)36-14-4-3-5-15-36)51-24-11-9-21-46(51)47-22-13-25-52-53(47)48-32-28-38-16-6-7-19-43(38)54(48)57-52/h3-35H,1-2H3/i26D,27D,29D,30D. The van der Waals surface area contributed by atoms with Crippen molar-refractivity contribution in [3.63, 3.8) is 0 Å². The summed E-state index contributed by atoms with van der Waals surface area (Å²) >= 11 is 0. The number of furan rings is 1. The van der Waals surface area contributed by atoms with Crippen molar-refractivity contribution in [2.75, 3.05) is 4.90 Å². The summed E-state index contributed by atoms with van der Waals surface area (Å²) in [7, 11) is 0. The van der Waals surface area contributed by atoms with Gasteiger partial charge in [-0.15, -0.1) is 0 Å². The molecule has 0 saturated carbocycles. The van der Waals surface area contributed by atoms with Gasteiger partial charge < -0.3 is 9.32 Å². The Bertz CT molecular complexity index is 3370. The largest absolute Gasteiger partial charge is 0.455 e. The van der Waals surface area contributed by atoms with Crippen molar-refractivity contribution in [2.45, 2.75) is 19.3 Å². The topological polar surface area (TPSA) is 16.4 Å². The molecule has 11 rings (SSSR count). The Balaban J connectivity index is 1.17. The summed E-state index contributed by atoms with van der Waals surface area (Å²) in [5, 5.41) is 4.10. The third-order valence-corrected chi connectivity index (χ3v) is 11.7. The van der Waals surface area contributed by atoms with E-state index >= 15 is 0 Å². The second-order valence-corrected chi connectivity index (χ2v) is 15.4. The van der Waals surface area contributed by atoms with E-state index in [0.29, 0.717) is 5.56 Å². The van der Waals surface area contributed by atoms with Crippen molar-refractivity contribution in [2.24, 2.45) is 0 Å². The molecule has 10 aromatic rings. The maximum atomic E-state index is 9.82. The van der Waals surface area contributed by atoms with E-state index in [1.165, 1.54) is 11.1 Å². The molecule has 1 heterocycles. The number of fused-ring (bicyclic) bond motifs is 8. The van der Waals surface area contributed by atoms with Gasteiger partial charge in [0.2, 0.25) is 0 Å². The van der Waals surface area contributed by atoms with Crippen molar-refractivity contribution in [1.29, 1.82) is 0 Å². The zero-order valence-corrected chi connectivity index (χ0v) is 31.6. The van der Waals surface area contributed by atoms with Crippen LogP contribution in [0.25, 0.3) is 77.2 Å². The highest BCUT2D eigenvalue weighted by Crippen LogP contribution is 2.52. The van der Waals surface area contributed by atoms with Crippen molar-refractivity contribution in [3.05, 3.63) is 211 Å². The van der Waals surface area contributed by atoms with Crippen molar-refractivity contribution in [1.82, 2.24) is 0 Å². The molecule has 0 radical (unpaired) electrons. The van der Waals surface area contributed by atoms with Gasteiger partial charge in [-0.2, -0.15) is 0 Å². The van der Waals surface area contributed by atoms with E-state index in [-0.39, 0.29) is 40.8 Å². The van der Waals surface area contributed by atoms with Crippen LogP contribution >= 0.6 is 0 Å². The van der Waals surface area contributed by atoms with E-state index in [9.17, 15) is 5.48 Å². The van der Waals surface area contributed by atoms with Gasteiger partial charge in [0.1, 0.15) is 11.2 Å². The highest BCUT2D eigenvalue weighted by Gasteiger charge is 2.36. The van der Waals surface area contributed by atoms with Crippen LogP contribution in [0.5, 0.6) is 0 Å². The average Bonchev–Trinajstić information content (AvgIpc) is 3.80. The summed E-state index contributed by atoms with van der Waals surface area (Å²) < 4.78 is 45.5. The van der Waals surface area contributed by atoms with Crippen LogP contribution in [-0.2, 0) is 5.41 Å². The number of benzene rings is 9. The first-order valence-electron chi connectivity index (χ1n) is 21.4. The van der Waals surface area contributed by atoms with Crippen molar-refractivity contribution < 1.29 is 9.90 Å². The molecule has 2 nitrogen and oxygen atoms in total. The number of nitrogens with zero attached hydrogens (tertiary/aromatic N) is 1. The summed E-state index contributed by atoms with van der Waals surface area (Å²) in [5.41, 5.74) is 12.2. The van der Waals surface area contributed by atoms with Gasteiger partial charge in [-0.05, 0) is 104 Å². The second-order valence-electron chi connectivity index (χ2n) is 15.4. The summed E-state index contributed by atoms with van der Waals surface area (Å²) in [5.74, 6) is 0. The zero-order valence-electron chi connectivity index (χ0n) is 35.6. The van der Waals surface area contributed by atoms with Crippen LogP contribution in [-0.4, -0.2) is 0 Å². The van der Waals surface area contributed by atoms with Gasteiger partial charge in [0.05, 0.1) is 11.2 Å². The molecule has 0 unspecified atom stereocenters. The van der Waals surface area contributed by atoms with E-state index in [2.05, 4.69) is 92.7 Å². The Hall–Kier alpha value is -7.16. The highest BCUT2D eigenvalue weighted by molar-refractivity contribution is 6.19. The Labute approximate surface area is 338 Å². The first-order valence-corrected chi connectivity index (χ1v) is 19.4. The molecule has 2 heteroatoms. The van der Waals surface area contributed by atoms with Gasteiger partial charge in [-0.3, -0.25) is 0 Å². The van der Waals surface area contributed by atoms with Gasteiger partial charge in [-0.1, -0.05) is 165 Å². The lowest BCUT2D eigenvalue weighted by Gasteiger charge is -2.30. The molecule has 0 fully saturated rings. The molecule has 1 aliphatic carbocycles. The van der Waals surface area contributed by atoms with E-state index in [1.807, 2.05) is 102 Å². The second kappa shape index (κ2) is 13.0. The molecule has 0 bridgehead atoms. The maximum absolute atomic E-state index is 9.82. The molecular weight excluding hydrogens is 691 g/mol. The van der Waals surface area contributed by atoms with Crippen molar-refractivity contribution in [3.8, 4) is 44.5 Å². The van der Waals surface area contributed by atoms with Crippen LogP contribution in [0.4, 0.5) is 17.1 Å². The zero-order chi connectivity index (χ0) is 41.6. The normalized spacial score (nSPS) is 13.9. The van der Waals surface area contributed by atoms with Crippen LogP contribution in [0.2, 0.25) is 0 Å². The number of hydrogen-bond donors (Lipinski definition) is 0. The fraction of sp³-hybridized carbons (Fsp3) is 0.0545. The quantitative estimate of drug-likeness (QED) is 0.169. The smallest absolute Gasteiger partial charge is 0.143 e. The minimum atomic E-state index is -0.320. The first-order chi connectivity index (χ1) is 29.7. The van der Waals surface area contributed by atoms with Crippen LogP contribution in [0.3, 0.4) is 0 Å². The molecular formula is C55H39NO. The summed E-state index contributed by atoms with van der Waals surface area (Å²) in [6.07, 6.45) is 0. The molecule has 270 valence electrons. The van der Waals surface area contributed by atoms with Crippen LogP contribution in [0.15, 0.2) is 205 Å². The summed E-state index contributed by atoms with van der Waals surface area (Å²) in [4.78, 5) is 1.94. The van der Waals surface area contributed by atoms with Gasteiger partial charge in [0.15, 0.2) is 0 Å². The number of hydrogen-bond acceptors (Lipinski definition) is 2. The lowest BCUT2D eigenvalue weighted by Crippen LogP contribution is -2.16. The SMILES string of the molecule is [2H]c1c([2H])c(N(c2ccc3c(c2)C(C)(C)c2ccccc2-3)c2ccccc2-c2cccc3oc4c5ccccc5ccc4c23)c([2H])c([2H])c1-c1cccc(-c2ccccc2)c1. The fourth-order valence-electron chi connectivity index (χ4n) is 8.94. The average molecular weight is 734 g/mol. The fourth-order valence-corrected chi connectivity index (χ4v) is 8.94. The lowest BCUT2D eigenvalue weighted by molar-refractivity contribution is 0.660. The third kappa shape index (κ3) is 5.33. The molecule has 0 aliphatic heterocycles. The molecule has 0 atom stereocenters. The van der Waals surface area contributed by atoms with Gasteiger partial charge >= 0.3 is 0 Å². The number of rotatable bonds is 6. The number of para-hydroxylation sites is 1. The predicted octanol–water partition coefficient (Wildman–Crippen LogP) is 15.5. The highest BCUT2D eigenvalue weighted by atomic mass is 16.3. The molecule has 57 heavy (non-hydrogen) atoms. The predicted molar refractivity (Wildman–Crippen MR) is 240 cm³/mol. The van der Waals surface area contributed by atoms with E-state index < -0.39 is 0 Å². The molecule has 1 aliphatic rings. The molecule has 0 spiro atoms. The van der Waals surface area contributed by atoms with Gasteiger partial charge in [0.25, 0.3) is 0 Å². The minimum Gasteiger partial charge on any atom is -0.455 e. The Morgan fingerprint density at radius 1 is 0.456 bits per heavy atom. The monoisotopic (exact) mass is 733 g/mol. The molecule has 0 saturated heterocycles. The van der Waals surface area contributed by atoms with E-state index in [0.717, 1.165) is 77.5 Å². The Kier molecular flexibility index (Phi) is 6.64. The maximum Gasteiger partial charge on any atom is 0.143 e. The Morgan fingerprint density at radius 2 is 1.12 bits per heavy atom. The number of anilines is 3. The summed E-state index contributed by atoms with van der Waals surface area (Å²) in [6.45, 7) is 4.48. The van der Waals surface area contributed by atoms with Crippen LogP contribution in [0, 0.1) is 0 Å².